The smallest absolute Gasteiger partial charge is 0.220 e. The van der Waals surface area contributed by atoms with E-state index < -0.39 is 17.9 Å². The molecule has 1 aromatic heterocycles. The number of nitrogens with zero attached hydrogens (tertiary/aromatic N) is 4. The minimum Gasteiger partial charge on any atom is -0.368 e. The van der Waals surface area contributed by atoms with E-state index in [9.17, 15) is 8.78 Å². The van der Waals surface area contributed by atoms with Crippen molar-refractivity contribution in [2.45, 2.75) is 19.1 Å². The quantitative estimate of drug-likeness (QED) is 0.909. The summed E-state index contributed by atoms with van der Waals surface area (Å²) in [5.41, 5.74) is 5.69. The zero-order chi connectivity index (χ0) is 15.0. The number of hydrogen-bond acceptors (Lipinski definition) is 5. The van der Waals surface area contributed by atoms with Crippen molar-refractivity contribution in [2.75, 3.05) is 7.11 Å². The molecule has 0 saturated heterocycles. The van der Waals surface area contributed by atoms with Gasteiger partial charge in [0, 0.05) is 19.1 Å². The van der Waals surface area contributed by atoms with Gasteiger partial charge in [-0.15, -0.1) is 5.10 Å². The van der Waals surface area contributed by atoms with Crippen molar-refractivity contribution in [3.8, 4) is 0 Å². The van der Waals surface area contributed by atoms with Crippen LogP contribution < -0.4 is 5.73 Å². The normalized spacial score (nSPS) is 17.5. The molecule has 110 valence electrons. The highest BCUT2D eigenvalue weighted by atomic mass is 19.1. The lowest BCUT2D eigenvalue weighted by atomic mass is 10.1. The molecule has 2 N–H and O–H groups in total. The zero-order valence-corrected chi connectivity index (χ0v) is 11.3. The number of aliphatic imine (C=N–C) groups is 1. The van der Waals surface area contributed by atoms with E-state index in [0.29, 0.717) is 12.2 Å². The number of fused-ring (bicyclic) bond motifs is 1. The third-order valence-corrected chi connectivity index (χ3v) is 3.24. The van der Waals surface area contributed by atoms with E-state index >= 15 is 0 Å². The van der Waals surface area contributed by atoms with Gasteiger partial charge in [0.1, 0.15) is 17.5 Å². The molecular formula is C13H13F2N5O. The van der Waals surface area contributed by atoms with Crippen LogP contribution in [-0.2, 0) is 17.6 Å². The fraction of sp³-hybridized carbons (Fsp3) is 0.308. The summed E-state index contributed by atoms with van der Waals surface area (Å²) in [6, 6.07) is 3.71. The molecule has 0 spiro atoms. The number of hydrogen-bond donors (Lipinski definition) is 1. The van der Waals surface area contributed by atoms with Gasteiger partial charge in [-0.3, -0.25) is 0 Å². The Bertz CT molecular complexity index is 692. The van der Waals surface area contributed by atoms with Crippen molar-refractivity contribution in [3.63, 3.8) is 0 Å². The number of rotatable bonds is 3. The molecule has 0 radical (unpaired) electrons. The molecule has 0 aliphatic carbocycles. The Morgan fingerprint density at radius 3 is 2.76 bits per heavy atom. The summed E-state index contributed by atoms with van der Waals surface area (Å²) >= 11 is 0. The fourth-order valence-corrected chi connectivity index (χ4v) is 2.18. The monoisotopic (exact) mass is 293 g/mol. The lowest BCUT2D eigenvalue weighted by Gasteiger charge is -2.16. The molecule has 2 heterocycles. The van der Waals surface area contributed by atoms with Crippen LogP contribution in [0.3, 0.4) is 0 Å². The van der Waals surface area contributed by atoms with E-state index in [4.69, 9.17) is 10.5 Å². The first kappa shape index (κ1) is 13.6. The molecule has 1 aliphatic rings. The first-order chi connectivity index (χ1) is 10.1. The van der Waals surface area contributed by atoms with Crippen LogP contribution in [0.1, 0.15) is 17.2 Å². The van der Waals surface area contributed by atoms with Gasteiger partial charge in [0.25, 0.3) is 0 Å². The van der Waals surface area contributed by atoms with E-state index in [0.717, 1.165) is 0 Å². The van der Waals surface area contributed by atoms with Gasteiger partial charge in [-0.05, 0) is 12.1 Å². The van der Waals surface area contributed by atoms with Gasteiger partial charge in [-0.1, -0.05) is 6.07 Å². The number of benzene rings is 1. The first-order valence-electron chi connectivity index (χ1n) is 6.32. The van der Waals surface area contributed by atoms with Crippen LogP contribution in [-0.4, -0.2) is 34.1 Å². The van der Waals surface area contributed by atoms with Crippen LogP contribution in [0.15, 0.2) is 23.2 Å². The summed E-state index contributed by atoms with van der Waals surface area (Å²) in [7, 11) is 1.52. The third-order valence-electron chi connectivity index (χ3n) is 3.24. The second-order valence-corrected chi connectivity index (χ2v) is 4.61. The number of methoxy groups -OCH3 is 1. The fourth-order valence-electron chi connectivity index (χ4n) is 2.18. The largest absolute Gasteiger partial charge is 0.368 e. The topological polar surface area (TPSA) is 78.3 Å². The Labute approximate surface area is 119 Å². The molecule has 3 rings (SSSR count). The molecule has 0 fully saturated rings. The highest BCUT2D eigenvalue weighted by Crippen LogP contribution is 2.17. The average molecular weight is 293 g/mol. The van der Waals surface area contributed by atoms with Crippen LogP contribution in [0.4, 0.5) is 8.78 Å². The summed E-state index contributed by atoms with van der Waals surface area (Å²) in [5, 5.41) is 4.14. The maximum atomic E-state index is 13.6. The number of ether oxygens (including phenoxy) is 1. The summed E-state index contributed by atoms with van der Waals surface area (Å²) in [4.78, 5) is 8.34. The minimum atomic E-state index is -0.626. The summed E-state index contributed by atoms with van der Waals surface area (Å²) in [5.74, 6) is -0.265. The van der Waals surface area contributed by atoms with Crippen LogP contribution >= 0.6 is 0 Å². The molecular weight excluding hydrogens is 280 g/mol. The predicted octanol–water partition coefficient (Wildman–Crippen LogP) is 0.839. The predicted molar refractivity (Wildman–Crippen MR) is 70.7 cm³/mol. The average Bonchev–Trinajstić information content (AvgIpc) is 2.86. The van der Waals surface area contributed by atoms with Crippen LogP contribution in [0, 0.1) is 11.6 Å². The number of aromatic nitrogens is 3. The second kappa shape index (κ2) is 5.21. The van der Waals surface area contributed by atoms with E-state index in [1.807, 2.05) is 0 Å². The van der Waals surface area contributed by atoms with Crippen LogP contribution in [0.5, 0.6) is 0 Å². The minimum absolute atomic E-state index is 0.0521. The molecule has 6 nitrogen and oxygen atoms in total. The Balaban J connectivity index is 1.92. The SMILES string of the molecule is COC1Cc2nc(Cc3c(F)cccc3F)nn2C(N)=N1. The van der Waals surface area contributed by atoms with Crippen molar-refractivity contribution in [2.24, 2.45) is 10.7 Å². The maximum absolute atomic E-state index is 13.6. The van der Waals surface area contributed by atoms with Gasteiger partial charge in [-0.2, -0.15) is 4.68 Å². The van der Waals surface area contributed by atoms with Crippen LogP contribution in [0.2, 0.25) is 0 Å². The molecule has 2 aromatic rings. The van der Waals surface area contributed by atoms with Crippen molar-refractivity contribution in [3.05, 3.63) is 47.0 Å². The zero-order valence-electron chi connectivity index (χ0n) is 11.3. The first-order valence-corrected chi connectivity index (χ1v) is 6.32. The second-order valence-electron chi connectivity index (χ2n) is 4.61. The van der Waals surface area contributed by atoms with Crippen LogP contribution in [0.25, 0.3) is 0 Å². The van der Waals surface area contributed by atoms with Gasteiger partial charge in [0.05, 0.1) is 6.42 Å². The van der Waals surface area contributed by atoms with E-state index in [-0.39, 0.29) is 23.8 Å². The van der Waals surface area contributed by atoms with Gasteiger partial charge in [0.2, 0.25) is 5.96 Å². The molecule has 21 heavy (non-hydrogen) atoms. The summed E-state index contributed by atoms with van der Waals surface area (Å²) in [6.07, 6.45) is -0.0623. The lowest BCUT2D eigenvalue weighted by molar-refractivity contribution is 0.105. The molecule has 1 unspecified atom stereocenters. The molecule has 8 heteroatoms. The maximum Gasteiger partial charge on any atom is 0.220 e. The Morgan fingerprint density at radius 1 is 1.38 bits per heavy atom. The molecule has 0 saturated carbocycles. The van der Waals surface area contributed by atoms with Crippen molar-refractivity contribution >= 4 is 5.96 Å². The van der Waals surface area contributed by atoms with Gasteiger partial charge in [-0.25, -0.2) is 18.8 Å². The van der Waals surface area contributed by atoms with Gasteiger partial charge >= 0.3 is 0 Å². The molecule has 1 aromatic carbocycles. The van der Waals surface area contributed by atoms with E-state index in [1.165, 1.54) is 30.0 Å². The van der Waals surface area contributed by atoms with Crippen molar-refractivity contribution in [1.82, 2.24) is 14.8 Å². The standard InChI is InChI=1S/C13H13F2N5O/c1-21-12-6-11-17-10(19-20(11)13(16)18-12)5-7-8(14)3-2-4-9(7)15/h2-4,12H,5-6H2,1H3,(H2,16,18). The molecule has 0 amide bonds. The third kappa shape index (κ3) is 2.49. The molecule has 1 aliphatic heterocycles. The highest BCUT2D eigenvalue weighted by molar-refractivity contribution is 5.80. The molecule has 0 bridgehead atoms. The van der Waals surface area contributed by atoms with Crippen molar-refractivity contribution in [1.29, 1.82) is 0 Å². The summed E-state index contributed by atoms with van der Waals surface area (Å²) in [6.45, 7) is 0. The van der Waals surface area contributed by atoms with E-state index in [1.54, 1.807) is 0 Å². The van der Waals surface area contributed by atoms with E-state index in [2.05, 4.69) is 15.1 Å². The Hall–Kier alpha value is -2.35. The number of nitrogens with two attached hydrogens (primary N) is 1. The van der Waals surface area contributed by atoms with Crippen molar-refractivity contribution < 1.29 is 13.5 Å². The molecule has 1 atom stereocenters. The van der Waals surface area contributed by atoms with Gasteiger partial charge < -0.3 is 10.5 Å². The Kier molecular flexibility index (Phi) is 3.38. The lowest BCUT2D eigenvalue weighted by Crippen LogP contribution is -2.34. The highest BCUT2D eigenvalue weighted by Gasteiger charge is 2.23. The Morgan fingerprint density at radius 2 is 2.10 bits per heavy atom. The number of halogens is 2. The summed E-state index contributed by atoms with van der Waals surface area (Å²) < 4.78 is 33.8. The van der Waals surface area contributed by atoms with Gasteiger partial charge in [0.15, 0.2) is 12.1 Å².